The van der Waals surface area contributed by atoms with Gasteiger partial charge >= 0.3 is 0 Å². The van der Waals surface area contributed by atoms with E-state index >= 15 is 0 Å². The van der Waals surface area contributed by atoms with Crippen LogP contribution in [-0.4, -0.2) is 46.5 Å². The molecule has 7 nitrogen and oxygen atoms in total. The Labute approximate surface area is 212 Å². The summed E-state index contributed by atoms with van der Waals surface area (Å²) in [6.45, 7) is 6.29. The number of carbonyl (C=O) groups is 1. The predicted molar refractivity (Wildman–Crippen MR) is 141 cm³/mol. The number of amides is 1. The largest absolute Gasteiger partial charge is 0.376 e. The molecule has 188 valence electrons. The van der Waals surface area contributed by atoms with Gasteiger partial charge in [-0.05, 0) is 62.9 Å². The van der Waals surface area contributed by atoms with E-state index in [0.717, 1.165) is 47.0 Å². The summed E-state index contributed by atoms with van der Waals surface area (Å²) in [7, 11) is 0. The molecule has 3 aromatic rings. The number of H-pyrrole nitrogens is 1. The minimum atomic E-state index is 0.00819. The number of hydrogen-bond donors (Lipinski definition) is 2. The molecule has 36 heavy (non-hydrogen) atoms. The molecule has 0 bridgehead atoms. The van der Waals surface area contributed by atoms with Crippen LogP contribution in [0, 0.1) is 11.3 Å². The first-order valence-corrected chi connectivity index (χ1v) is 13.2. The summed E-state index contributed by atoms with van der Waals surface area (Å²) >= 11 is 0. The van der Waals surface area contributed by atoms with Gasteiger partial charge in [0.1, 0.15) is 11.9 Å². The maximum absolute atomic E-state index is 13.4. The van der Waals surface area contributed by atoms with E-state index in [1.54, 1.807) is 0 Å². The van der Waals surface area contributed by atoms with Crippen LogP contribution >= 0.6 is 0 Å². The van der Waals surface area contributed by atoms with Gasteiger partial charge in [-0.25, -0.2) is 4.98 Å². The smallest absolute Gasteiger partial charge is 0.254 e. The Morgan fingerprint density at radius 1 is 1.25 bits per heavy atom. The van der Waals surface area contributed by atoms with E-state index in [9.17, 15) is 10.1 Å². The number of nitriles is 1. The summed E-state index contributed by atoms with van der Waals surface area (Å²) in [5.41, 5.74) is 5.68. The third-order valence-electron chi connectivity index (χ3n) is 7.62. The number of benzene rings is 1. The highest BCUT2D eigenvalue weighted by Crippen LogP contribution is 2.38. The van der Waals surface area contributed by atoms with Crippen molar-refractivity contribution in [2.24, 2.45) is 0 Å². The molecule has 0 spiro atoms. The molecule has 0 unspecified atom stereocenters. The molecule has 1 aliphatic carbocycles. The fraction of sp³-hybridized carbons (Fsp3) is 0.483. The van der Waals surface area contributed by atoms with E-state index in [0.29, 0.717) is 49.2 Å². The number of aromatic nitrogens is 2. The van der Waals surface area contributed by atoms with E-state index in [-0.39, 0.29) is 11.9 Å². The lowest BCUT2D eigenvalue weighted by atomic mass is 9.82. The maximum atomic E-state index is 13.4. The molecule has 1 aromatic carbocycles. The van der Waals surface area contributed by atoms with Crippen LogP contribution in [0.5, 0.6) is 0 Å². The molecule has 0 saturated heterocycles. The Morgan fingerprint density at radius 3 is 2.86 bits per heavy atom. The lowest BCUT2D eigenvalue weighted by Gasteiger charge is -2.29. The van der Waals surface area contributed by atoms with Crippen LogP contribution < -0.4 is 5.32 Å². The number of rotatable bonds is 7. The van der Waals surface area contributed by atoms with E-state index in [4.69, 9.17) is 9.72 Å². The highest BCUT2D eigenvalue weighted by Gasteiger charge is 2.28. The number of hydrogen-bond acceptors (Lipinski definition) is 5. The summed E-state index contributed by atoms with van der Waals surface area (Å²) < 4.78 is 5.78. The van der Waals surface area contributed by atoms with Crippen molar-refractivity contribution >= 4 is 22.6 Å². The third-order valence-corrected chi connectivity index (χ3v) is 7.62. The van der Waals surface area contributed by atoms with Crippen LogP contribution in [0.25, 0.3) is 10.9 Å². The van der Waals surface area contributed by atoms with Gasteiger partial charge in [-0.15, -0.1) is 0 Å². The van der Waals surface area contributed by atoms with Gasteiger partial charge in [0.15, 0.2) is 0 Å². The molecule has 1 aliphatic heterocycles. The number of ether oxygens (including phenoxy) is 1. The first kappa shape index (κ1) is 24.3. The monoisotopic (exact) mass is 485 g/mol. The van der Waals surface area contributed by atoms with Gasteiger partial charge in [-0.2, -0.15) is 5.26 Å². The maximum Gasteiger partial charge on any atom is 0.254 e. The van der Waals surface area contributed by atoms with Crippen LogP contribution in [0.4, 0.5) is 5.82 Å². The number of aromatic amines is 1. The second-order valence-electron chi connectivity index (χ2n) is 10.2. The second-order valence-corrected chi connectivity index (χ2v) is 10.2. The zero-order valence-electron chi connectivity index (χ0n) is 21.3. The summed E-state index contributed by atoms with van der Waals surface area (Å²) in [4.78, 5) is 23.5. The molecule has 0 atom stereocenters. The Hall–Kier alpha value is -3.37. The van der Waals surface area contributed by atoms with Crippen LogP contribution in [0.1, 0.15) is 84.6 Å². The number of nitrogens with zero attached hydrogens (tertiary/aromatic N) is 3. The van der Waals surface area contributed by atoms with Crippen molar-refractivity contribution in [3.05, 3.63) is 58.4 Å². The van der Waals surface area contributed by atoms with E-state index in [1.807, 2.05) is 49.2 Å². The topological polar surface area (TPSA) is 94.0 Å². The number of nitrogens with one attached hydrogen (secondary N) is 2. The summed E-state index contributed by atoms with van der Waals surface area (Å²) in [6.07, 6.45) is 8.66. The molecule has 2 aliphatic rings. The van der Waals surface area contributed by atoms with Crippen molar-refractivity contribution in [1.29, 1.82) is 5.26 Å². The molecular formula is C29H35N5O2. The van der Waals surface area contributed by atoms with Gasteiger partial charge in [-0.1, -0.05) is 19.3 Å². The van der Waals surface area contributed by atoms with Crippen molar-refractivity contribution in [3.63, 3.8) is 0 Å². The number of fused-ring (bicyclic) bond motifs is 2. The average molecular weight is 486 g/mol. The van der Waals surface area contributed by atoms with Crippen LogP contribution in [0.2, 0.25) is 0 Å². The Morgan fingerprint density at radius 2 is 2.08 bits per heavy atom. The lowest BCUT2D eigenvalue weighted by Crippen LogP contribution is -2.40. The SMILES string of the molecule is CC(C)N(CCNc1nc(C2CCCCC2)c2c(c1C#N)CCOC2)C(=O)c1ccc2[nH]ccc2c1. The fourth-order valence-corrected chi connectivity index (χ4v) is 5.68. The van der Waals surface area contributed by atoms with Crippen molar-refractivity contribution in [2.45, 2.75) is 70.9 Å². The zero-order chi connectivity index (χ0) is 25.1. The van der Waals surface area contributed by atoms with E-state index in [1.165, 1.54) is 19.3 Å². The third kappa shape index (κ3) is 4.83. The Kier molecular flexibility index (Phi) is 7.24. The molecule has 1 amide bonds. The minimum absolute atomic E-state index is 0.00819. The molecule has 1 fully saturated rings. The summed E-state index contributed by atoms with van der Waals surface area (Å²) in [5.74, 6) is 1.09. The van der Waals surface area contributed by atoms with Crippen molar-refractivity contribution < 1.29 is 9.53 Å². The standard InChI is InChI=1S/C29H35N5O2/c1-19(2)34(29(35)22-8-9-26-21(16-22)10-12-31-26)14-13-32-28-24(17-30)23-11-15-36-18-25(23)27(33-28)20-6-4-3-5-7-20/h8-10,12,16,19-20,31H,3-7,11,13-15,18H2,1-2H3,(H,32,33). The molecule has 3 heterocycles. The van der Waals surface area contributed by atoms with Gasteiger partial charge in [-0.3, -0.25) is 4.79 Å². The zero-order valence-corrected chi connectivity index (χ0v) is 21.3. The van der Waals surface area contributed by atoms with Gasteiger partial charge in [0, 0.05) is 53.3 Å². The highest BCUT2D eigenvalue weighted by atomic mass is 16.5. The van der Waals surface area contributed by atoms with E-state index in [2.05, 4.69) is 16.4 Å². The fourth-order valence-electron chi connectivity index (χ4n) is 5.68. The summed E-state index contributed by atoms with van der Waals surface area (Å²) in [5, 5.41) is 14.5. The summed E-state index contributed by atoms with van der Waals surface area (Å²) in [6, 6.07) is 10.2. The lowest BCUT2D eigenvalue weighted by molar-refractivity contribution is 0.0714. The average Bonchev–Trinajstić information content (AvgIpc) is 3.38. The van der Waals surface area contributed by atoms with Crippen molar-refractivity contribution in [2.75, 3.05) is 25.0 Å². The number of carbonyl (C=O) groups excluding carboxylic acids is 1. The Balaban J connectivity index is 1.36. The van der Waals surface area contributed by atoms with Crippen molar-refractivity contribution in [3.8, 4) is 6.07 Å². The predicted octanol–water partition coefficient (Wildman–Crippen LogP) is 5.52. The first-order chi connectivity index (χ1) is 17.6. The molecule has 0 radical (unpaired) electrons. The quantitative estimate of drug-likeness (QED) is 0.460. The number of pyridine rings is 1. The molecule has 5 rings (SSSR count). The highest BCUT2D eigenvalue weighted by molar-refractivity contribution is 5.98. The Bertz CT molecular complexity index is 1280. The van der Waals surface area contributed by atoms with Gasteiger partial charge in [0.05, 0.1) is 24.5 Å². The van der Waals surface area contributed by atoms with Crippen molar-refractivity contribution in [1.82, 2.24) is 14.9 Å². The molecular weight excluding hydrogens is 450 g/mol. The van der Waals surface area contributed by atoms with Gasteiger partial charge in [0.2, 0.25) is 0 Å². The second kappa shape index (κ2) is 10.7. The first-order valence-electron chi connectivity index (χ1n) is 13.2. The van der Waals surface area contributed by atoms with Crippen LogP contribution in [0.3, 0.4) is 0 Å². The molecule has 2 N–H and O–H groups in total. The van der Waals surface area contributed by atoms with E-state index < -0.39 is 0 Å². The normalized spacial score (nSPS) is 16.1. The minimum Gasteiger partial charge on any atom is -0.376 e. The molecule has 2 aromatic heterocycles. The molecule has 7 heteroatoms. The van der Waals surface area contributed by atoms with Gasteiger partial charge in [0.25, 0.3) is 5.91 Å². The van der Waals surface area contributed by atoms with Crippen LogP contribution in [0.15, 0.2) is 30.5 Å². The molecule has 1 saturated carbocycles. The van der Waals surface area contributed by atoms with Gasteiger partial charge < -0.3 is 19.9 Å². The number of anilines is 1. The van der Waals surface area contributed by atoms with Crippen LogP contribution in [-0.2, 0) is 17.8 Å².